The van der Waals surface area contributed by atoms with E-state index in [-0.39, 0.29) is 11.3 Å². The van der Waals surface area contributed by atoms with Gasteiger partial charge in [-0.3, -0.25) is 9.89 Å². The molecule has 3 aromatic rings. The molecule has 3 rings (SSSR count). The van der Waals surface area contributed by atoms with Crippen molar-refractivity contribution in [1.29, 1.82) is 0 Å². The molecule has 0 spiro atoms. The number of amides is 1. The number of hydrogen-bond acceptors (Lipinski definition) is 5. The summed E-state index contributed by atoms with van der Waals surface area (Å²) in [5.74, 6) is 0.330. The molecule has 23 heavy (non-hydrogen) atoms. The molecule has 3 aromatic heterocycles. The fraction of sp³-hybridized carbons (Fsp3) is 0.312. The van der Waals surface area contributed by atoms with E-state index in [0.29, 0.717) is 23.8 Å². The second-order valence-corrected chi connectivity index (χ2v) is 7.17. The third kappa shape index (κ3) is 3.50. The molecule has 3 heterocycles. The van der Waals surface area contributed by atoms with Crippen molar-refractivity contribution in [2.75, 3.05) is 0 Å². The van der Waals surface area contributed by atoms with Crippen LogP contribution in [0, 0.1) is 0 Å². The maximum absolute atomic E-state index is 12.1. The van der Waals surface area contributed by atoms with E-state index in [1.165, 1.54) is 0 Å². The first-order valence-corrected chi connectivity index (χ1v) is 8.14. The van der Waals surface area contributed by atoms with Crippen LogP contribution < -0.4 is 5.32 Å². The molecule has 6 nitrogen and oxygen atoms in total. The molecule has 0 aliphatic heterocycles. The van der Waals surface area contributed by atoms with E-state index >= 15 is 0 Å². The summed E-state index contributed by atoms with van der Waals surface area (Å²) < 4.78 is 5.42. The molecular formula is C16H18N4O2S. The van der Waals surface area contributed by atoms with Crippen LogP contribution >= 0.6 is 11.3 Å². The lowest BCUT2D eigenvalue weighted by Crippen LogP contribution is -2.23. The van der Waals surface area contributed by atoms with Crippen LogP contribution in [0.15, 0.2) is 34.3 Å². The van der Waals surface area contributed by atoms with Crippen molar-refractivity contribution in [2.24, 2.45) is 0 Å². The molecule has 0 aliphatic carbocycles. The zero-order valence-corrected chi connectivity index (χ0v) is 14.0. The standard InChI is InChI=1S/C16H18N4O2S/c1-16(2,3)13-7-11(19-20-13)14(21)17-8-10-9-22-15(18-10)12-5-4-6-23-12/h4-7,9H,8H2,1-3H3,(H,17,21)(H,19,20). The first-order valence-electron chi connectivity index (χ1n) is 7.26. The number of aromatic nitrogens is 3. The minimum Gasteiger partial charge on any atom is -0.443 e. The number of nitrogens with one attached hydrogen (secondary N) is 2. The highest BCUT2D eigenvalue weighted by Crippen LogP contribution is 2.23. The van der Waals surface area contributed by atoms with E-state index in [1.807, 2.05) is 17.5 Å². The summed E-state index contributed by atoms with van der Waals surface area (Å²) in [5.41, 5.74) is 1.89. The maximum atomic E-state index is 12.1. The van der Waals surface area contributed by atoms with Crippen molar-refractivity contribution in [3.8, 4) is 10.8 Å². The monoisotopic (exact) mass is 330 g/mol. The van der Waals surface area contributed by atoms with Crippen LogP contribution in [-0.4, -0.2) is 21.1 Å². The van der Waals surface area contributed by atoms with Crippen molar-refractivity contribution in [1.82, 2.24) is 20.5 Å². The summed E-state index contributed by atoms with van der Waals surface area (Å²) in [6, 6.07) is 5.65. The van der Waals surface area contributed by atoms with E-state index in [0.717, 1.165) is 10.6 Å². The summed E-state index contributed by atoms with van der Waals surface area (Å²) >= 11 is 1.56. The molecule has 7 heteroatoms. The van der Waals surface area contributed by atoms with Gasteiger partial charge in [-0.25, -0.2) is 4.98 Å². The Morgan fingerprint density at radius 2 is 2.26 bits per heavy atom. The zero-order chi connectivity index (χ0) is 16.4. The lowest BCUT2D eigenvalue weighted by molar-refractivity contribution is 0.0945. The number of oxazole rings is 1. The molecule has 0 fully saturated rings. The van der Waals surface area contributed by atoms with E-state index < -0.39 is 0 Å². The van der Waals surface area contributed by atoms with Crippen molar-refractivity contribution in [3.05, 3.63) is 46.9 Å². The van der Waals surface area contributed by atoms with Crippen LogP contribution in [0.4, 0.5) is 0 Å². The van der Waals surface area contributed by atoms with Gasteiger partial charge in [-0.1, -0.05) is 26.8 Å². The zero-order valence-electron chi connectivity index (χ0n) is 13.2. The van der Waals surface area contributed by atoms with Crippen molar-refractivity contribution in [3.63, 3.8) is 0 Å². The molecule has 0 radical (unpaired) electrons. The van der Waals surface area contributed by atoms with Crippen molar-refractivity contribution < 1.29 is 9.21 Å². The minimum absolute atomic E-state index is 0.0761. The molecule has 0 aliphatic rings. The topological polar surface area (TPSA) is 83.8 Å². The molecule has 0 bridgehead atoms. The molecule has 0 atom stereocenters. The summed E-state index contributed by atoms with van der Waals surface area (Å²) in [5, 5.41) is 11.7. The lowest BCUT2D eigenvalue weighted by atomic mass is 9.92. The number of hydrogen-bond donors (Lipinski definition) is 2. The number of H-pyrrole nitrogens is 1. The average Bonchev–Trinajstić information content (AvgIpc) is 3.22. The Morgan fingerprint density at radius 3 is 2.91 bits per heavy atom. The van der Waals surface area contributed by atoms with Gasteiger partial charge in [0, 0.05) is 11.1 Å². The Balaban J connectivity index is 1.62. The fourth-order valence-corrected chi connectivity index (χ4v) is 2.64. The SMILES string of the molecule is CC(C)(C)c1cc(C(=O)NCc2coc(-c3cccs3)n2)n[nH]1. The number of carbonyl (C=O) groups is 1. The third-order valence-corrected chi connectivity index (χ3v) is 4.19. The highest BCUT2D eigenvalue weighted by molar-refractivity contribution is 7.13. The van der Waals surface area contributed by atoms with Gasteiger partial charge in [0.1, 0.15) is 12.0 Å². The Bertz CT molecular complexity index is 796. The van der Waals surface area contributed by atoms with Gasteiger partial charge in [-0.05, 0) is 17.5 Å². The van der Waals surface area contributed by atoms with Crippen molar-refractivity contribution in [2.45, 2.75) is 32.7 Å². The molecular weight excluding hydrogens is 312 g/mol. The summed E-state index contributed by atoms with van der Waals surface area (Å²) in [6.45, 7) is 6.47. The number of rotatable bonds is 4. The summed E-state index contributed by atoms with van der Waals surface area (Å²) in [4.78, 5) is 17.5. The Hall–Kier alpha value is -2.41. The minimum atomic E-state index is -0.238. The highest BCUT2D eigenvalue weighted by Gasteiger charge is 2.19. The Morgan fingerprint density at radius 1 is 1.43 bits per heavy atom. The average molecular weight is 330 g/mol. The van der Waals surface area contributed by atoms with Crippen LogP contribution in [0.3, 0.4) is 0 Å². The normalized spacial score (nSPS) is 11.6. The first-order chi connectivity index (χ1) is 10.9. The van der Waals surface area contributed by atoms with Gasteiger partial charge in [0.05, 0.1) is 17.1 Å². The summed E-state index contributed by atoms with van der Waals surface area (Å²) in [7, 11) is 0. The third-order valence-electron chi connectivity index (χ3n) is 3.33. The van der Waals surface area contributed by atoms with Crippen LogP contribution in [0.2, 0.25) is 0 Å². The second-order valence-electron chi connectivity index (χ2n) is 6.22. The second kappa shape index (κ2) is 6.00. The van der Waals surface area contributed by atoms with Crippen LogP contribution in [0.1, 0.15) is 42.6 Å². The van der Waals surface area contributed by atoms with Crippen molar-refractivity contribution >= 4 is 17.2 Å². The highest BCUT2D eigenvalue weighted by atomic mass is 32.1. The van der Waals surface area contributed by atoms with Crippen LogP contribution in [0.5, 0.6) is 0 Å². The Labute approximate surface area is 137 Å². The van der Waals surface area contributed by atoms with Gasteiger partial charge in [0.15, 0.2) is 0 Å². The predicted molar refractivity (Wildman–Crippen MR) is 88.3 cm³/mol. The van der Waals surface area contributed by atoms with Gasteiger partial charge in [-0.2, -0.15) is 5.10 Å². The van der Waals surface area contributed by atoms with E-state index in [9.17, 15) is 4.79 Å². The largest absolute Gasteiger partial charge is 0.443 e. The van der Waals surface area contributed by atoms with E-state index in [1.54, 1.807) is 23.7 Å². The molecule has 120 valence electrons. The molecule has 2 N–H and O–H groups in total. The maximum Gasteiger partial charge on any atom is 0.272 e. The number of aromatic amines is 1. The first kappa shape index (κ1) is 15.5. The van der Waals surface area contributed by atoms with Gasteiger partial charge < -0.3 is 9.73 Å². The van der Waals surface area contributed by atoms with E-state index in [2.05, 4.69) is 41.3 Å². The molecule has 0 saturated heterocycles. The van der Waals surface area contributed by atoms with Gasteiger partial charge in [0.2, 0.25) is 5.89 Å². The lowest BCUT2D eigenvalue weighted by Gasteiger charge is -2.14. The van der Waals surface area contributed by atoms with Gasteiger partial charge in [0.25, 0.3) is 5.91 Å². The molecule has 1 amide bonds. The fourth-order valence-electron chi connectivity index (χ4n) is 1.99. The molecule has 0 unspecified atom stereocenters. The number of thiophene rings is 1. The molecule has 0 aromatic carbocycles. The number of carbonyl (C=O) groups excluding carboxylic acids is 1. The van der Waals surface area contributed by atoms with Crippen LogP contribution in [0.25, 0.3) is 10.8 Å². The van der Waals surface area contributed by atoms with Gasteiger partial charge in [-0.15, -0.1) is 11.3 Å². The number of nitrogens with zero attached hydrogens (tertiary/aromatic N) is 2. The summed E-state index contributed by atoms with van der Waals surface area (Å²) in [6.07, 6.45) is 1.56. The van der Waals surface area contributed by atoms with Gasteiger partial charge >= 0.3 is 0 Å². The van der Waals surface area contributed by atoms with E-state index in [4.69, 9.17) is 4.42 Å². The Kier molecular flexibility index (Phi) is 4.04. The quantitative estimate of drug-likeness (QED) is 0.768. The molecule has 0 saturated carbocycles. The predicted octanol–water partition coefficient (Wildman–Crippen LogP) is 3.35. The van der Waals surface area contributed by atoms with Crippen LogP contribution in [-0.2, 0) is 12.0 Å². The smallest absolute Gasteiger partial charge is 0.272 e.